The maximum atomic E-state index is 12.9. The molecule has 0 bridgehead atoms. The second-order valence-corrected chi connectivity index (χ2v) is 7.85. The summed E-state index contributed by atoms with van der Waals surface area (Å²) in [5.74, 6) is 0.0833. The summed E-state index contributed by atoms with van der Waals surface area (Å²) in [6.07, 6.45) is 6.61. The van der Waals surface area contributed by atoms with Gasteiger partial charge in [0.15, 0.2) is 0 Å². The van der Waals surface area contributed by atoms with Gasteiger partial charge in [0.25, 0.3) is 0 Å². The van der Waals surface area contributed by atoms with Crippen LogP contribution in [0, 0.1) is 0 Å². The van der Waals surface area contributed by atoms with Crippen molar-refractivity contribution in [2.45, 2.75) is 32.6 Å². The first-order valence-electron chi connectivity index (χ1n) is 9.86. The molecule has 2 heterocycles. The summed E-state index contributed by atoms with van der Waals surface area (Å²) >= 11 is 3.07. The molecule has 2 saturated heterocycles. The molecule has 0 atom stereocenters. The maximum absolute atomic E-state index is 12.9. The van der Waals surface area contributed by atoms with Gasteiger partial charge in [-0.15, -0.1) is 0 Å². The van der Waals surface area contributed by atoms with Gasteiger partial charge in [0.2, 0.25) is 0 Å². The van der Waals surface area contributed by atoms with Crippen molar-refractivity contribution >= 4 is 37.9 Å². The van der Waals surface area contributed by atoms with Gasteiger partial charge in [-0.1, -0.05) is 0 Å². The Morgan fingerprint density at radius 3 is 2.48 bits per heavy atom. The van der Waals surface area contributed by atoms with E-state index in [1.165, 1.54) is 24.9 Å². The molecule has 2 fully saturated rings. The summed E-state index contributed by atoms with van der Waals surface area (Å²) in [7, 11) is 1.95. The number of unbranched alkanes of at least 4 members (excludes halogenated alkanes) is 3. The number of carbonyl (C=O) groups excluding carboxylic acids is 1. The van der Waals surface area contributed by atoms with Crippen molar-refractivity contribution in [3.8, 4) is 0 Å². The first-order valence-corrected chi connectivity index (χ1v) is 10.7. The van der Waals surface area contributed by atoms with E-state index in [9.17, 15) is 4.79 Å². The number of anilines is 1. The van der Waals surface area contributed by atoms with Crippen LogP contribution in [0.25, 0.3) is 6.08 Å². The van der Waals surface area contributed by atoms with Crippen molar-refractivity contribution in [2.24, 2.45) is 0 Å². The molecular weight excluding hydrogens is 405 g/mol. The molecule has 1 aromatic carbocycles. The third-order valence-electron chi connectivity index (χ3n) is 5.15. The summed E-state index contributed by atoms with van der Waals surface area (Å²) in [4.78, 5) is 19.0. The van der Waals surface area contributed by atoms with Gasteiger partial charge in [0.05, 0.1) is 0 Å². The summed E-state index contributed by atoms with van der Waals surface area (Å²) in [6, 6.07) is 8.43. The summed E-state index contributed by atoms with van der Waals surface area (Å²) in [5, 5.41) is 0. The third-order valence-corrected chi connectivity index (χ3v) is 6.19. The molecule has 27 heavy (non-hydrogen) atoms. The average molecular weight is 434 g/mol. The quantitative estimate of drug-likeness (QED) is 0.375. The van der Waals surface area contributed by atoms with Crippen LogP contribution in [0.5, 0.6) is 0 Å². The number of likely N-dealkylation sites (N-methyl/N-ethyl adjacent to an activating group) is 1. The van der Waals surface area contributed by atoms with Gasteiger partial charge < -0.3 is 0 Å². The Morgan fingerprint density at radius 1 is 1.11 bits per heavy atom. The minimum absolute atomic E-state index is 0.0833. The Kier molecular flexibility index (Phi) is 7.11. The van der Waals surface area contributed by atoms with E-state index in [1.807, 2.05) is 22.9 Å². The van der Waals surface area contributed by atoms with Gasteiger partial charge in [-0.25, -0.2) is 0 Å². The zero-order valence-corrected chi connectivity index (χ0v) is 18.0. The van der Waals surface area contributed by atoms with Crippen LogP contribution < -0.4 is 4.90 Å². The van der Waals surface area contributed by atoms with E-state index in [-0.39, 0.29) is 5.91 Å². The number of rotatable bonds is 7. The van der Waals surface area contributed by atoms with Crippen LogP contribution in [-0.4, -0.2) is 75.8 Å². The molecule has 6 heteroatoms. The second kappa shape index (κ2) is 9.54. The van der Waals surface area contributed by atoms with Crippen LogP contribution in [0.4, 0.5) is 5.69 Å². The normalized spacial score (nSPS) is 19.5. The average Bonchev–Trinajstić information content (AvgIpc) is 2.90. The van der Waals surface area contributed by atoms with Gasteiger partial charge in [0, 0.05) is 0 Å². The molecule has 0 radical (unpaired) electrons. The van der Waals surface area contributed by atoms with E-state index in [2.05, 4.69) is 51.7 Å². The number of ether oxygens (including phenoxy) is 1. The van der Waals surface area contributed by atoms with Gasteiger partial charge >= 0.3 is 170 Å². The monoisotopic (exact) mass is 435 g/mol. The minimum atomic E-state index is 0.0833. The SMILES string of the molecule is CCCCCCN1C(=O)C(=Cc2ccc(N3CCOCC3)cc2)N(C)C1=[Se]. The fraction of sp³-hybridized carbons (Fsp3) is 0.524. The molecule has 0 unspecified atom stereocenters. The van der Waals surface area contributed by atoms with Crippen LogP contribution in [-0.2, 0) is 9.53 Å². The molecule has 3 rings (SSSR count). The second-order valence-electron chi connectivity index (χ2n) is 7.08. The van der Waals surface area contributed by atoms with Gasteiger partial charge in [-0.3, -0.25) is 0 Å². The molecule has 2 aliphatic rings. The van der Waals surface area contributed by atoms with Crippen LogP contribution in [0.2, 0.25) is 0 Å². The molecule has 1 amide bonds. The molecule has 0 N–H and O–H groups in total. The Bertz CT molecular complexity index is 696. The Hall–Kier alpha value is -1.62. The van der Waals surface area contributed by atoms with Crippen molar-refractivity contribution in [1.29, 1.82) is 0 Å². The van der Waals surface area contributed by atoms with E-state index in [4.69, 9.17) is 4.74 Å². The summed E-state index contributed by atoms with van der Waals surface area (Å²) in [6.45, 7) is 6.40. The fourth-order valence-corrected chi connectivity index (χ4v) is 4.04. The molecule has 146 valence electrons. The Morgan fingerprint density at radius 2 is 1.81 bits per heavy atom. The predicted molar refractivity (Wildman–Crippen MR) is 112 cm³/mol. The van der Waals surface area contributed by atoms with Crippen molar-refractivity contribution < 1.29 is 9.53 Å². The van der Waals surface area contributed by atoms with Crippen molar-refractivity contribution in [3.05, 3.63) is 35.5 Å². The predicted octanol–water partition coefficient (Wildman–Crippen LogP) is 2.47. The first kappa shape index (κ1) is 20.1. The molecule has 0 saturated carbocycles. The number of nitrogens with zero attached hydrogens (tertiary/aromatic N) is 3. The van der Waals surface area contributed by atoms with Crippen molar-refractivity contribution in [1.82, 2.24) is 9.80 Å². The molecular formula is C21H29N3O2Se. The number of morpholine rings is 1. The zero-order chi connectivity index (χ0) is 19.2. The molecule has 1 aromatic rings. The standard InChI is InChI=1S/C21H29N3O2Se/c1-3-4-5-6-11-24-20(25)19(22(2)21(24)27)16-17-7-9-18(10-8-17)23-12-14-26-15-13-23/h7-10,16H,3-6,11-15H2,1-2H3. The number of carbonyl (C=O) groups is 1. The first-order chi connectivity index (χ1) is 13.1. The molecule has 5 nitrogen and oxygen atoms in total. The fourth-order valence-electron chi connectivity index (χ4n) is 3.47. The molecule has 0 spiro atoms. The number of hydrogen-bond donors (Lipinski definition) is 0. The summed E-state index contributed by atoms with van der Waals surface area (Å²) in [5.41, 5.74) is 2.97. The van der Waals surface area contributed by atoms with E-state index in [1.54, 1.807) is 0 Å². The number of amides is 1. The topological polar surface area (TPSA) is 36.0 Å². The third kappa shape index (κ3) is 4.81. The number of hydrogen-bond acceptors (Lipinski definition) is 4. The van der Waals surface area contributed by atoms with Crippen LogP contribution in [0.3, 0.4) is 0 Å². The van der Waals surface area contributed by atoms with E-state index in [0.717, 1.165) is 55.2 Å². The molecule has 2 aliphatic heterocycles. The molecule has 0 aromatic heterocycles. The van der Waals surface area contributed by atoms with E-state index >= 15 is 0 Å². The summed E-state index contributed by atoms with van der Waals surface area (Å²) < 4.78 is 6.31. The molecule has 0 aliphatic carbocycles. The van der Waals surface area contributed by atoms with Gasteiger partial charge in [0.1, 0.15) is 0 Å². The van der Waals surface area contributed by atoms with Gasteiger partial charge in [-0.2, -0.15) is 0 Å². The van der Waals surface area contributed by atoms with Crippen molar-refractivity contribution in [3.63, 3.8) is 0 Å². The van der Waals surface area contributed by atoms with Crippen LogP contribution >= 0.6 is 0 Å². The zero-order valence-electron chi connectivity index (χ0n) is 16.3. The van der Waals surface area contributed by atoms with E-state index in [0.29, 0.717) is 0 Å². The Labute approximate surface area is 170 Å². The number of benzene rings is 1. The van der Waals surface area contributed by atoms with E-state index < -0.39 is 0 Å². The van der Waals surface area contributed by atoms with Crippen LogP contribution in [0.15, 0.2) is 30.0 Å². The Balaban J connectivity index is 1.68. The van der Waals surface area contributed by atoms with Gasteiger partial charge in [-0.05, 0) is 0 Å². The van der Waals surface area contributed by atoms with Crippen LogP contribution in [0.1, 0.15) is 38.2 Å². The van der Waals surface area contributed by atoms with Crippen molar-refractivity contribution in [2.75, 3.05) is 44.8 Å².